The van der Waals surface area contributed by atoms with Crippen LogP contribution in [0.3, 0.4) is 0 Å². The van der Waals surface area contributed by atoms with Gasteiger partial charge in [-0.1, -0.05) is 25.0 Å². The van der Waals surface area contributed by atoms with Crippen molar-refractivity contribution < 1.29 is 14.6 Å². The van der Waals surface area contributed by atoms with Crippen LogP contribution in [0.1, 0.15) is 35.7 Å². The van der Waals surface area contributed by atoms with Gasteiger partial charge in [0.05, 0.1) is 5.56 Å². The summed E-state index contributed by atoms with van der Waals surface area (Å²) in [5, 5.41) is 9.83. The second-order valence-electron chi connectivity index (χ2n) is 4.25. The predicted molar refractivity (Wildman–Crippen MR) is 60.8 cm³/mol. The summed E-state index contributed by atoms with van der Waals surface area (Å²) in [6, 6.07) is 5.48. The molecule has 1 heterocycles. The van der Waals surface area contributed by atoms with Gasteiger partial charge in [0.15, 0.2) is 11.9 Å². The van der Waals surface area contributed by atoms with E-state index >= 15 is 0 Å². The number of ether oxygens (including phenoxy) is 1. The first-order valence-corrected chi connectivity index (χ1v) is 5.63. The topological polar surface area (TPSA) is 46.5 Å². The van der Waals surface area contributed by atoms with Crippen LogP contribution in [-0.2, 0) is 0 Å². The average molecular weight is 220 g/mol. The van der Waals surface area contributed by atoms with E-state index in [9.17, 15) is 9.90 Å². The Kier molecular flexibility index (Phi) is 2.97. The molecule has 3 nitrogen and oxygen atoms in total. The predicted octanol–water partition coefficient (Wildman–Crippen LogP) is 2.10. The lowest BCUT2D eigenvalue weighted by atomic mass is 9.94. The minimum Gasteiger partial charge on any atom is -0.486 e. The van der Waals surface area contributed by atoms with Gasteiger partial charge in [-0.05, 0) is 25.5 Å². The Morgan fingerprint density at radius 3 is 2.88 bits per heavy atom. The first-order valence-electron chi connectivity index (χ1n) is 5.63. The van der Waals surface area contributed by atoms with Crippen LogP contribution in [0, 0.1) is 6.92 Å². The van der Waals surface area contributed by atoms with E-state index in [1.807, 2.05) is 19.9 Å². The number of carbonyl (C=O) groups is 1. The Morgan fingerprint density at radius 2 is 2.19 bits per heavy atom. The number of hydrogen-bond donors (Lipinski definition) is 1. The van der Waals surface area contributed by atoms with Gasteiger partial charge in [0.1, 0.15) is 11.9 Å². The molecule has 0 spiro atoms. The molecule has 1 aromatic rings. The summed E-state index contributed by atoms with van der Waals surface area (Å²) < 4.78 is 5.64. The van der Waals surface area contributed by atoms with Crippen LogP contribution >= 0.6 is 0 Å². The monoisotopic (exact) mass is 220 g/mol. The molecule has 0 bridgehead atoms. The first kappa shape index (κ1) is 11.1. The Labute approximate surface area is 95.0 Å². The molecule has 0 aromatic heterocycles. The fourth-order valence-electron chi connectivity index (χ4n) is 2.00. The number of ketones is 1. The highest BCUT2D eigenvalue weighted by Crippen LogP contribution is 2.30. The van der Waals surface area contributed by atoms with Crippen LogP contribution in [-0.4, -0.2) is 23.1 Å². The Morgan fingerprint density at radius 1 is 1.44 bits per heavy atom. The number of benzene rings is 1. The van der Waals surface area contributed by atoms with Gasteiger partial charge in [0.2, 0.25) is 0 Å². The highest BCUT2D eigenvalue weighted by molar-refractivity contribution is 6.03. The minimum atomic E-state index is -1.02. The molecule has 16 heavy (non-hydrogen) atoms. The average Bonchev–Trinajstić information content (AvgIpc) is 2.27. The number of aliphatic hydroxyl groups is 1. The van der Waals surface area contributed by atoms with E-state index in [2.05, 4.69) is 0 Å². The molecular weight excluding hydrogens is 204 g/mol. The number of Topliss-reactive ketones (excluding diaryl/α,β-unsaturated/α-hetero) is 1. The van der Waals surface area contributed by atoms with Gasteiger partial charge in [-0.15, -0.1) is 0 Å². The number of rotatable bonds is 2. The zero-order chi connectivity index (χ0) is 11.7. The van der Waals surface area contributed by atoms with Crippen molar-refractivity contribution in [3.63, 3.8) is 0 Å². The number of aliphatic hydroxyl groups excluding tert-OH is 1. The van der Waals surface area contributed by atoms with Gasteiger partial charge < -0.3 is 9.84 Å². The van der Waals surface area contributed by atoms with Crippen molar-refractivity contribution in [1.82, 2.24) is 0 Å². The normalized spacial score (nSPS) is 23.8. The molecule has 1 aliphatic rings. The van der Waals surface area contributed by atoms with Gasteiger partial charge in [-0.2, -0.15) is 0 Å². The van der Waals surface area contributed by atoms with Gasteiger partial charge in [-0.3, -0.25) is 4.79 Å². The summed E-state index contributed by atoms with van der Waals surface area (Å²) in [7, 11) is 0. The Bertz CT molecular complexity index is 412. The second kappa shape index (κ2) is 4.26. The van der Waals surface area contributed by atoms with E-state index in [0.717, 1.165) is 12.0 Å². The number of aryl methyl sites for hydroxylation is 1. The smallest absolute Gasteiger partial charge is 0.198 e. The van der Waals surface area contributed by atoms with Crippen LogP contribution < -0.4 is 4.74 Å². The van der Waals surface area contributed by atoms with Crippen molar-refractivity contribution in [1.29, 1.82) is 0 Å². The number of carbonyl (C=O) groups excluding carboxylic acids is 1. The molecule has 3 heteroatoms. The van der Waals surface area contributed by atoms with Crippen molar-refractivity contribution in [2.75, 3.05) is 0 Å². The van der Waals surface area contributed by atoms with E-state index in [1.54, 1.807) is 12.1 Å². The fraction of sp³-hybridized carbons (Fsp3) is 0.462. The van der Waals surface area contributed by atoms with E-state index in [-0.39, 0.29) is 5.78 Å². The molecule has 2 atom stereocenters. The summed E-state index contributed by atoms with van der Waals surface area (Å²) in [5.74, 6) is 0.378. The molecule has 0 amide bonds. The molecule has 2 rings (SSSR count). The zero-order valence-corrected chi connectivity index (χ0v) is 9.56. The van der Waals surface area contributed by atoms with E-state index in [4.69, 9.17) is 4.74 Å². The first-order chi connectivity index (χ1) is 7.63. The summed E-state index contributed by atoms with van der Waals surface area (Å²) >= 11 is 0. The summed E-state index contributed by atoms with van der Waals surface area (Å²) in [6.45, 7) is 3.92. The van der Waals surface area contributed by atoms with Crippen LogP contribution in [0.15, 0.2) is 18.2 Å². The highest BCUT2D eigenvalue weighted by Gasteiger charge is 2.34. The van der Waals surface area contributed by atoms with E-state index in [0.29, 0.717) is 17.7 Å². The molecule has 0 fully saturated rings. The van der Waals surface area contributed by atoms with Gasteiger partial charge >= 0.3 is 0 Å². The lowest BCUT2D eigenvalue weighted by molar-refractivity contribution is 0.0191. The lowest BCUT2D eigenvalue weighted by Gasteiger charge is -2.29. The van der Waals surface area contributed by atoms with E-state index in [1.165, 1.54) is 0 Å². The van der Waals surface area contributed by atoms with Crippen molar-refractivity contribution in [3.05, 3.63) is 29.3 Å². The zero-order valence-electron chi connectivity index (χ0n) is 9.56. The Balaban J connectivity index is 2.36. The van der Waals surface area contributed by atoms with Gasteiger partial charge in [-0.25, -0.2) is 0 Å². The van der Waals surface area contributed by atoms with Crippen LogP contribution in [0.25, 0.3) is 0 Å². The maximum Gasteiger partial charge on any atom is 0.198 e. The van der Waals surface area contributed by atoms with Gasteiger partial charge in [0.25, 0.3) is 0 Å². The summed E-state index contributed by atoms with van der Waals surface area (Å²) in [4.78, 5) is 11.9. The molecular formula is C13H16O3. The quantitative estimate of drug-likeness (QED) is 0.830. The third-order valence-corrected chi connectivity index (χ3v) is 2.87. The fourth-order valence-corrected chi connectivity index (χ4v) is 2.00. The molecule has 86 valence electrons. The molecule has 1 N–H and O–H groups in total. The molecule has 0 unspecified atom stereocenters. The summed E-state index contributed by atoms with van der Waals surface area (Å²) in [6.07, 6.45) is 0.165. The van der Waals surface area contributed by atoms with Crippen LogP contribution in [0.4, 0.5) is 0 Å². The number of hydrogen-bond acceptors (Lipinski definition) is 3. The SMILES string of the molecule is CCC[C@H]1Oc2ccc(C)cc2C(=O)[C@@H]1O. The largest absolute Gasteiger partial charge is 0.486 e. The molecule has 0 saturated heterocycles. The maximum atomic E-state index is 11.9. The van der Waals surface area contributed by atoms with Crippen molar-refractivity contribution in [2.45, 2.75) is 38.9 Å². The second-order valence-corrected chi connectivity index (χ2v) is 4.25. The van der Waals surface area contributed by atoms with Gasteiger partial charge in [0, 0.05) is 0 Å². The summed E-state index contributed by atoms with van der Waals surface area (Å²) in [5.41, 5.74) is 1.50. The lowest BCUT2D eigenvalue weighted by Crippen LogP contribution is -2.42. The third kappa shape index (κ3) is 1.83. The van der Waals surface area contributed by atoms with Crippen LogP contribution in [0.5, 0.6) is 5.75 Å². The van der Waals surface area contributed by atoms with E-state index < -0.39 is 12.2 Å². The van der Waals surface area contributed by atoms with Crippen molar-refractivity contribution in [2.24, 2.45) is 0 Å². The molecule has 0 saturated carbocycles. The molecule has 1 aliphatic heterocycles. The number of fused-ring (bicyclic) bond motifs is 1. The van der Waals surface area contributed by atoms with Crippen LogP contribution in [0.2, 0.25) is 0 Å². The molecule has 0 aliphatic carbocycles. The maximum absolute atomic E-state index is 11.9. The van der Waals surface area contributed by atoms with Crippen molar-refractivity contribution >= 4 is 5.78 Å². The minimum absolute atomic E-state index is 0.219. The molecule has 1 aromatic carbocycles. The Hall–Kier alpha value is -1.35. The van der Waals surface area contributed by atoms with Crippen molar-refractivity contribution in [3.8, 4) is 5.75 Å². The highest BCUT2D eigenvalue weighted by atomic mass is 16.5. The standard InChI is InChI=1S/C13H16O3/c1-3-4-11-13(15)12(14)9-7-8(2)5-6-10(9)16-11/h5-7,11,13,15H,3-4H2,1-2H3/t11-,13-/m1/s1. The molecule has 0 radical (unpaired) electrons. The third-order valence-electron chi connectivity index (χ3n) is 2.87.